The SMILES string of the molecule is [2H]c1c([2H])c([2H])c(-c2cccc(-c3c([2H])c([2H])c([2H])c([2H])c3[2H])c2-[n+]2[c-]n(-c3cc(Oc4ccc5c6ccccc6n(-c6cc(C([2H])([2H])C(C)(C)C)ccn6)c5c4)cc(C(C)(C)C)n3)c3ccccc32)c([2H])c1[2H]. The van der Waals surface area contributed by atoms with E-state index in [9.17, 15) is 0 Å². The highest BCUT2D eigenvalue weighted by Gasteiger charge is 2.24. The molecule has 0 unspecified atom stereocenters. The fourth-order valence-electron chi connectivity index (χ4n) is 7.85. The van der Waals surface area contributed by atoms with E-state index in [0.29, 0.717) is 45.4 Å². The number of rotatable bonds is 8. The van der Waals surface area contributed by atoms with Gasteiger partial charge in [-0.25, -0.2) is 4.98 Å². The number of pyridine rings is 2. The second-order valence-electron chi connectivity index (χ2n) is 17.2. The van der Waals surface area contributed by atoms with Gasteiger partial charge in [0.25, 0.3) is 6.33 Å². The summed E-state index contributed by atoms with van der Waals surface area (Å²) in [6, 6.07) is 27.5. The first-order valence-electron chi connectivity index (χ1n) is 26.3. The van der Waals surface area contributed by atoms with E-state index in [0.717, 1.165) is 21.8 Å². The molecule has 0 aliphatic carbocycles. The number of hydrogen-bond donors (Lipinski definition) is 0. The Bertz CT molecular complexity index is 3820. The lowest BCUT2D eigenvalue weighted by Crippen LogP contribution is -2.31. The molecule has 10 rings (SSSR count). The quantitative estimate of drug-likeness (QED) is 0.113. The van der Waals surface area contributed by atoms with E-state index in [1.165, 1.54) is 0 Å². The third-order valence-corrected chi connectivity index (χ3v) is 10.5. The van der Waals surface area contributed by atoms with Crippen molar-refractivity contribution in [3.8, 4) is 51.1 Å². The molecule has 62 heavy (non-hydrogen) atoms. The fourth-order valence-corrected chi connectivity index (χ4v) is 7.85. The summed E-state index contributed by atoms with van der Waals surface area (Å²) in [5.41, 5.74) is 2.76. The normalized spacial score (nSPS) is 15.1. The molecule has 6 aromatic carbocycles. The lowest BCUT2D eigenvalue weighted by atomic mass is 9.88. The van der Waals surface area contributed by atoms with E-state index in [1.54, 1.807) is 63.9 Å². The molecule has 0 aliphatic rings. The monoisotopic (exact) mass is 819 g/mol. The Morgan fingerprint density at radius 2 is 1.31 bits per heavy atom. The smallest absolute Gasteiger partial charge is 0.271 e. The Balaban J connectivity index is 1.19. The maximum absolute atomic E-state index is 9.07. The second-order valence-corrected chi connectivity index (χ2v) is 17.2. The van der Waals surface area contributed by atoms with Gasteiger partial charge in [0, 0.05) is 49.0 Å². The highest BCUT2D eigenvalue weighted by Crippen LogP contribution is 2.38. The molecule has 0 atom stereocenters. The number of ether oxygens (including phenoxy) is 1. The van der Waals surface area contributed by atoms with E-state index in [2.05, 4.69) is 6.33 Å². The maximum atomic E-state index is 9.07. The summed E-state index contributed by atoms with van der Waals surface area (Å²) in [5, 5.41) is 1.92. The van der Waals surface area contributed by atoms with Crippen LogP contribution >= 0.6 is 0 Å². The summed E-state index contributed by atoms with van der Waals surface area (Å²) in [6.07, 6.45) is 3.41. The van der Waals surface area contributed by atoms with Crippen LogP contribution in [0.3, 0.4) is 0 Å². The van der Waals surface area contributed by atoms with Gasteiger partial charge in [0.05, 0.1) is 41.5 Å². The first-order valence-corrected chi connectivity index (χ1v) is 20.3. The third-order valence-electron chi connectivity index (χ3n) is 10.5. The zero-order chi connectivity index (χ0) is 53.1. The lowest BCUT2D eigenvalue weighted by Gasteiger charge is -2.20. The van der Waals surface area contributed by atoms with Crippen LogP contribution in [-0.4, -0.2) is 19.1 Å². The summed E-state index contributed by atoms with van der Waals surface area (Å²) in [6.45, 7) is 11.7. The van der Waals surface area contributed by atoms with Gasteiger partial charge in [-0.2, -0.15) is 0 Å². The van der Waals surface area contributed by atoms with Gasteiger partial charge in [-0.15, -0.1) is 0 Å². The van der Waals surface area contributed by atoms with Gasteiger partial charge in [0.15, 0.2) is 5.82 Å². The summed E-state index contributed by atoms with van der Waals surface area (Å²) >= 11 is 0. The standard InChI is InChI=1S/C56H49N5O/c1-55(2,3)36-38-30-31-57-52(32-38)61-47-25-14-13-22-45(47)46-29-28-41(33-50(46)61)62-42-34-51(56(4,5)6)58-53(35-42)59-37-60(49-27-16-15-26-48(49)59)54-43(39-18-9-7-10-19-39)23-17-24-44(54)40-20-11-8-12-21-40/h7-35H,36H2,1-6H3/i7D,8D,9D,10D,11D,12D,18D,19D,20D,21D,36D2. The average molecular weight is 820 g/mol. The number of imidazole rings is 1. The number of fused-ring (bicyclic) bond motifs is 4. The van der Waals surface area contributed by atoms with E-state index in [-0.39, 0.29) is 27.9 Å². The molecule has 304 valence electrons. The van der Waals surface area contributed by atoms with Gasteiger partial charge in [-0.3, -0.25) is 18.7 Å². The molecule has 0 saturated heterocycles. The summed E-state index contributed by atoms with van der Waals surface area (Å²) in [5.74, 6) is 1.84. The van der Waals surface area contributed by atoms with Crippen LogP contribution in [0.25, 0.3) is 72.4 Å². The van der Waals surface area contributed by atoms with Crippen LogP contribution in [0.1, 0.15) is 69.2 Å². The van der Waals surface area contributed by atoms with Gasteiger partial charge in [0.2, 0.25) is 0 Å². The minimum Gasteiger partial charge on any atom is -0.458 e. The van der Waals surface area contributed by atoms with Crippen LogP contribution in [-0.2, 0) is 11.8 Å². The first kappa shape index (κ1) is 27.5. The number of hydrogen-bond acceptors (Lipinski definition) is 3. The van der Waals surface area contributed by atoms with Crippen molar-refractivity contribution in [3.05, 3.63) is 193 Å². The van der Waals surface area contributed by atoms with Crippen molar-refractivity contribution in [2.24, 2.45) is 5.41 Å². The average Bonchev–Trinajstić information content (AvgIpc) is 3.92. The summed E-state index contributed by atoms with van der Waals surface area (Å²) < 4.78 is 118. The zero-order valence-electron chi connectivity index (χ0n) is 47.1. The molecule has 0 saturated carbocycles. The largest absolute Gasteiger partial charge is 0.458 e. The predicted octanol–water partition coefficient (Wildman–Crippen LogP) is 13.6. The molecule has 0 spiro atoms. The topological polar surface area (TPSA) is 48.8 Å². The van der Waals surface area contributed by atoms with Crippen LogP contribution in [0.4, 0.5) is 0 Å². The van der Waals surface area contributed by atoms with Gasteiger partial charge in [-0.05, 0) is 69.9 Å². The lowest BCUT2D eigenvalue weighted by molar-refractivity contribution is -0.571. The van der Waals surface area contributed by atoms with Crippen molar-refractivity contribution in [2.75, 3.05) is 0 Å². The molecule has 6 heteroatoms. The summed E-state index contributed by atoms with van der Waals surface area (Å²) in [7, 11) is 0. The molecule has 0 radical (unpaired) electrons. The number of aromatic nitrogens is 5. The van der Waals surface area contributed by atoms with Crippen molar-refractivity contribution in [3.63, 3.8) is 0 Å². The van der Waals surface area contributed by atoms with Crippen molar-refractivity contribution in [2.45, 2.75) is 53.3 Å². The molecule has 10 aromatic rings. The van der Waals surface area contributed by atoms with Crippen LogP contribution < -0.4 is 9.30 Å². The molecule has 0 amide bonds. The van der Waals surface area contributed by atoms with E-state index < -0.39 is 77.6 Å². The molecule has 6 nitrogen and oxygen atoms in total. The Kier molecular flexibility index (Phi) is 6.79. The number of para-hydroxylation sites is 4. The minimum atomic E-state index is -1.66. The summed E-state index contributed by atoms with van der Waals surface area (Å²) in [4.78, 5) is 9.93. The molecule has 0 bridgehead atoms. The van der Waals surface area contributed by atoms with E-state index in [4.69, 9.17) is 31.2 Å². The first-order chi connectivity index (χ1) is 34.9. The number of nitrogens with zero attached hydrogens (tertiary/aromatic N) is 5. The van der Waals surface area contributed by atoms with Crippen LogP contribution in [0.2, 0.25) is 0 Å². The van der Waals surface area contributed by atoms with Gasteiger partial charge >= 0.3 is 0 Å². The van der Waals surface area contributed by atoms with Crippen LogP contribution in [0.5, 0.6) is 11.5 Å². The Labute approximate surface area is 380 Å². The Morgan fingerprint density at radius 3 is 2.00 bits per heavy atom. The fraction of sp³-hybridized carbons (Fsp3) is 0.161. The molecule has 0 aliphatic heterocycles. The Morgan fingerprint density at radius 1 is 0.645 bits per heavy atom. The second kappa shape index (κ2) is 15.3. The van der Waals surface area contributed by atoms with Crippen molar-refractivity contribution >= 4 is 32.8 Å². The molecule has 0 fully saturated rings. The highest BCUT2D eigenvalue weighted by atomic mass is 16.5. The molecule has 4 heterocycles. The number of benzene rings is 6. The van der Waals surface area contributed by atoms with Crippen molar-refractivity contribution in [1.29, 1.82) is 0 Å². The maximum Gasteiger partial charge on any atom is 0.271 e. The van der Waals surface area contributed by atoms with Gasteiger partial charge < -0.3 is 4.74 Å². The van der Waals surface area contributed by atoms with Gasteiger partial charge in [0.1, 0.15) is 17.3 Å². The minimum absolute atomic E-state index is 0.124. The molecule has 4 aromatic heterocycles. The van der Waals surface area contributed by atoms with E-state index in [1.807, 2.05) is 107 Å². The molecular weight excluding hydrogens is 759 g/mol. The molecule has 0 N–H and O–H groups in total. The van der Waals surface area contributed by atoms with Crippen LogP contribution in [0.15, 0.2) is 176 Å². The predicted molar refractivity (Wildman–Crippen MR) is 253 cm³/mol. The van der Waals surface area contributed by atoms with Crippen molar-refractivity contribution < 1.29 is 25.8 Å². The van der Waals surface area contributed by atoms with E-state index >= 15 is 0 Å². The van der Waals surface area contributed by atoms with Crippen molar-refractivity contribution in [1.82, 2.24) is 19.1 Å². The highest BCUT2D eigenvalue weighted by molar-refractivity contribution is 6.09. The van der Waals surface area contributed by atoms with Gasteiger partial charge in [-0.1, -0.05) is 163 Å². The Hall–Kier alpha value is -7.31. The third kappa shape index (κ3) is 7.32. The molecular formula is C56H49N5O. The van der Waals surface area contributed by atoms with Crippen LogP contribution in [0, 0.1) is 11.7 Å². The zero-order valence-corrected chi connectivity index (χ0v) is 35.1.